The second kappa shape index (κ2) is 5.86. The van der Waals surface area contributed by atoms with E-state index in [1.165, 1.54) is 38.9 Å². The zero-order valence-corrected chi connectivity index (χ0v) is 10.6. The lowest BCUT2D eigenvalue weighted by atomic mass is 9.72. The Balaban J connectivity index is 2.41. The van der Waals surface area contributed by atoms with E-state index in [-0.39, 0.29) is 0 Å². The number of aliphatic hydroxyl groups is 1. The van der Waals surface area contributed by atoms with E-state index in [9.17, 15) is 0 Å². The molecule has 1 saturated heterocycles. The second-order valence-electron chi connectivity index (χ2n) is 5.62. The van der Waals surface area contributed by atoms with Crippen molar-refractivity contribution in [2.24, 2.45) is 11.3 Å². The maximum Gasteiger partial charge on any atom is 0.0433 e. The van der Waals surface area contributed by atoms with Crippen LogP contribution in [0.25, 0.3) is 0 Å². The van der Waals surface area contributed by atoms with Gasteiger partial charge in [-0.2, -0.15) is 0 Å². The van der Waals surface area contributed by atoms with Gasteiger partial charge in [0.15, 0.2) is 0 Å². The van der Waals surface area contributed by atoms with Crippen molar-refractivity contribution in [3.8, 4) is 0 Å². The third-order valence-electron chi connectivity index (χ3n) is 3.84. The van der Waals surface area contributed by atoms with Gasteiger partial charge in [-0.1, -0.05) is 27.2 Å². The van der Waals surface area contributed by atoms with E-state index in [4.69, 9.17) is 5.11 Å². The molecule has 0 spiro atoms. The van der Waals surface area contributed by atoms with E-state index in [0.29, 0.717) is 17.9 Å². The fourth-order valence-electron chi connectivity index (χ4n) is 2.78. The second-order valence-corrected chi connectivity index (χ2v) is 5.62. The summed E-state index contributed by atoms with van der Waals surface area (Å²) in [4.78, 5) is 2.59. The van der Waals surface area contributed by atoms with Gasteiger partial charge in [-0.15, -0.1) is 0 Å². The summed E-state index contributed by atoms with van der Waals surface area (Å²) in [5, 5.41) is 9.04. The van der Waals surface area contributed by atoms with Crippen LogP contribution in [-0.4, -0.2) is 36.2 Å². The highest BCUT2D eigenvalue weighted by molar-refractivity contribution is 4.86. The third-order valence-corrected chi connectivity index (χ3v) is 3.84. The number of aliphatic hydroxyl groups excluding tert-OH is 1. The molecule has 0 amide bonds. The van der Waals surface area contributed by atoms with Gasteiger partial charge >= 0.3 is 0 Å². The minimum atomic E-state index is 0.350. The Morgan fingerprint density at radius 3 is 2.67 bits per heavy atom. The van der Waals surface area contributed by atoms with E-state index < -0.39 is 0 Å². The van der Waals surface area contributed by atoms with Gasteiger partial charge in [-0.25, -0.2) is 0 Å². The number of hydrogen-bond donors (Lipinski definition) is 1. The van der Waals surface area contributed by atoms with Gasteiger partial charge in [-0.05, 0) is 43.7 Å². The van der Waals surface area contributed by atoms with Crippen LogP contribution < -0.4 is 0 Å². The summed E-state index contributed by atoms with van der Waals surface area (Å²) in [7, 11) is 0. The summed E-state index contributed by atoms with van der Waals surface area (Å²) >= 11 is 0. The van der Waals surface area contributed by atoms with Crippen LogP contribution in [0.2, 0.25) is 0 Å². The molecule has 0 aliphatic carbocycles. The van der Waals surface area contributed by atoms with Crippen molar-refractivity contribution in [1.82, 2.24) is 4.90 Å². The van der Waals surface area contributed by atoms with Crippen molar-refractivity contribution in [3.05, 3.63) is 0 Å². The van der Waals surface area contributed by atoms with Gasteiger partial charge in [0.2, 0.25) is 0 Å². The van der Waals surface area contributed by atoms with Crippen LogP contribution in [0.1, 0.15) is 46.5 Å². The molecule has 0 aromatic rings. The summed E-state index contributed by atoms with van der Waals surface area (Å²) in [5.74, 6) is 0.709. The van der Waals surface area contributed by atoms with Gasteiger partial charge in [0.1, 0.15) is 0 Å². The van der Waals surface area contributed by atoms with E-state index in [1.54, 1.807) is 0 Å². The molecule has 1 N–H and O–H groups in total. The summed E-state index contributed by atoms with van der Waals surface area (Å²) in [6, 6.07) is 0. The minimum absolute atomic E-state index is 0.350. The van der Waals surface area contributed by atoms with Crippen molar-refractivity contribution in [2.45, 2.75) is 46.5 Å². The molecule has 1 unspecified atom stereocenters. The third kappa shape index (κ3) is 3.76. The molecule has 1 atom stereocenters. The number of nitrogens with zero attached hydrogens (tertiary/aromatic N) is 1. The fourth-order valence-corrected chi connectivity index (χ4v) is 2.78. The monoisotopic (exact) mass is 213 g/mol. The molecule has 90 valence electrons. The van der Waals surface area contributed by atoms with Gasteiger partial charge in [0.25, 0.3) is 0 Å². The zero-order valence-electron chi connectivity index (χ0n) is 10.6. The first-order valence-electron chi connectivity index (χ1n) is 6.43. The highest BCUT2D eigenvalue weighted by Gasteiger charge is 2.34. The first-order valence-corrected chi connectivity index (χ1v) is 6.43. The van der Waals surface area contributed by atoms with Crippen molar-refractivity contribution in [3.63, 3.8) is 0 Å². The van der Waals surface area contributed by atoms with Gasteiger partial charge < -0.3 is 10.0 Å². The average Bonchev–Trinajstić information content (AvgIpc) is 2.18. The lowest BCUT2D eigenvalue weighted by Gasteiger charge is -2.44. The number of rotatable bonds is 5. The van der Waals surface area contributed by atoms with Crippen molar-refractivity contribution < 1.29 is 5.11 Å². The van der Waals surface area contributed by atoms with Crippen molar-refractivity contribution >= 4 is 0 Å². The van der Waals surface area contributed by atoms with Crippen LogP contribution in [0.5, 0.6) is 0 Å². The molecule has 0 radical (unpaired) electrons. The summed E-state index contributed by atoms with van der Waals surface area (Å²) in [6.45, 7) is 11.0. The van der Waals surface area contributed by atoms with Crippen LogP contribution in [0, 0.1) is 11.3 Å². The SMILES string of the molecule is CCCCN1CCC(CCO)C(C)(C)C1. The molecule has 1 aliphatic heterocycles. The van der Waals surface area contributed by atoms with E-state index in [0.717, 1.165) is 6.42 Å². The highest BCUT2D eigenvalue weighted by atomic mass is 16.3. The molecule has 15 heavy (non-hydrogen) atoms. The molecular formula is C13H27NO. The average molecular weight is 213 g/mol. The largest absolute Gasteiger partial charge is 0.396 e. The number of piperidine rings is 1. The molecule has 2 nitrogen and oxygen atoms in total. The zero-order chi connectivity index (χ0) is 11.3. The van der Waals surface area contributed by atoms with Crippen LogP contribution >= 0.6 is 0 Å². The van der Waals surface area contributed by atoms with E-state index in [1.807, 2.05) is 0 Å². The van der Waals surface area contributed by atoms with Gasteiger partial charge in [0, 0.05) is 13.2 Å². The maximum atomic E-state index is 9.04. The topological polar surface area (TPSA) is 23.5 Å². The lowest BCUT2D eigenvalue weighted by molar-refractivity contribution is 0.0400. The van der Waals surface area contributed by atoms with Crippen LogP contribution in [0.4, 0.5) is 0 Å². The Kier molecular flexibility index (Phi) is 5.07. The van der Waals surface area contributed by atoms with Crippen molar-refractivity contribution in [2.75, 3.05) is 26.2 Å². The predicted molar refractivity (Wildman–Crippen MR) is 64.9 cm³/mol. The number of likely N-dealkylation sites (tertiary alicyclic amines) is 1. The summed E-state index contributed by atoms with van der Waals surface area (Å²) in [5.41, 5.74) is 0.384. The Morgan fingerprint density at radius 2 is 2.13 bits per heavy atom. The van der Waals surface area contributed by atoms with Gasteiger partial charge in [0.05, 0.1) is 0 Å². The molecule has 1 rings (SSSR count). The smallest absolute Gasteiger partial charge is 0.0433 e. The standard InChI is InChI=1S/C13H27NO/c1-4-5-8-14-9-6-12(7-10-15)13(2,3)11-14/h12,15H,4-11H2,1-3H3. The Hall–Kier alpha value is -0.0800. The van der Waals surface area contributed by atoms with Crippen molar-refractivity contribution in [1.29, 1.82) is 0 Å². The summed E-state index contributed by atoms with van der Waals surface area (Å²) < 4.78 is 0. The van der Waals surface area contributed by atoms with Crippen LogP contribution in [-0.2, 0) is 0 Å². The quantitative estimate of drug-likeness (QED) is 0.758. The summed E-state index contributed by atoms with van der Waals surface area (Å²) in [6.07, 6.45) is 4.85. The molecule has 1 fully saturated rings. The van der Waals surface area contributed by atoms with E-state index in [2.05, 4.69) is 25.7 Å². The predicted octanol–water partition coefficient (Wildman–Crippen LogP) is 2.52. The Morgan fingerprint density at radius 1 is 1.40 bits per heavy atom. The molecule has 1 aliphatic rings. The van der Waals surface area contributed by atoms with Crippen LogP contribution in [0.3, 0.4) is 0 Å². The highest BCUT2D eigenvalue weighted by Crippen LogP contribution is 2.36. The molecule has 2 heteroatoms. The number of unbranched alkanes of at least 4 members (excludes halogenated alkanes) is 1. The molecular weight excluding hydrogens is 186 g/mol. The van der Waals surface area contributed by atoms with Crippen LogP contribution in [0.15, 0.2) is 0 Å². The number of hydrogen-bond acceptors (Lipinski definition) is 2. The molecule has 0 saturated carbocycles. The maximum absolute atomic E-state index is 9.04. The van der Waals surface area contributed by atoms with E-state index >= 15 is 0 Å². The van der Waals surface area contributed by atoms with Gasteiger partial charge in [-0.3, -0.25) is 0 Å². The molecule has 0 aromatic carbocycles. The Labute approximate surface area is 94.7 Å². The minimum Gasteiger partial charge on any atom is -0.396 e. The normalized spacial score (nSPS) is 26.8. The first-order chi connectivity index (χ1) is 7.10. The Bertz CT molecular complexity index is 179. The molecule has 0 bridgehead atoms. The first kappa shape index (κ1) is 13.0. The lowest BCUT2D eigenvalue weighted by Crippen LogP contribution is -2.46. The molecule has 1 heterocycles. The fraction of sp³-hybridized carbons (Fsp3) is 1.00. The molecule has 0 aromatic heterocycles.